The van der Waals surface area contributed by atoms with Crippen LogP contribution in [-0.4, -0.2) is 50.4 Å². The van der Waals surface area contributed by atoms with E-state index in [0.717, 1.165) is 25.1 Å². The third-order valence-electron chi connectivity index (χ3n) is 5.76. The fraction of sp³-hybridized carbons (Fsp3) is 0.800. The van der Waals surface area contributed by atoms with Crippen LogP contribution >= 0.6 is 0 Å². The molecule has 5 heteroatoms. The molecule has 0 bridgehead atoms. The lowest BCUT2D eigenvalue weighted by Crippen LogP contribution is -2.52. The summed E-state index contributed by atoms with van der Waals surface area (Å²) < 4.78 is 1.96. The quantitative estimate of drug-likeness (QED) is 0.702. The summed E-state index contributed by atoms with van der Waals surface area (Å²) in [4.78, 5) is 23.4. The highest BCUT2D eigenvalue weighted by molar-refractivity contribution is 5.93. The highest BCUT2D eigenvalue weighted by atomic mass is 16.4. The first kappa shape index (κ1) is 13.7. The third kappa shape index (κ3) is 1.75. The number of fused-ring (bicyclic) bond motifs is 1. The number of hydrogen-bond donors (Lipinski definition) is 2. The molecule has 0 amide bonds. The Labute approximate surface area is 118 Å². The van der Waals surface area contributed by atoms with Crippen molar-refractivity contribution in [2.45, 2.75) is 63.5 Å². The van der Waals surface area contributed by atoms with E-state index in [1.165, 1.54) is 0 Å². The van der Waals surface area contributed by atoms with Crippen molar-refractivity contribution in [2.24, 2.45) is 5.41 Å². The number of ketones is 1. The lowest BCUT2D eigenvalue weighted by Gasteiger charge is -2.41. The van der Waals surface area contributed by atoms with Crippen LogP contribution in [0.25, 0.3) is 0 Å². The van der Waals surface area contributed by atoms with E-state index in [-0.39, 0.29) is 5.78 Å². The van der Waals surface area contributed by atoms with E-state index in [0.29, 0.717) is 32.1 Å². The topological polar surface area (TPSA) is 77.6 Å². The van der Waals surface area contributed by atoms with Gasteiger partial charge in [0.1, 0.15) is 12.3 Å². The summed E-state index contributed by atoms with van der Waals surface area (Å²) in [6, 6.07) is -0.449. The van der Waals surface area contributed by atoms with Gasteiger partial charge >= 0.3 is 5.97 Å². The molecule has 2 N–H and O–H groups in total. The fourth-order valence-corrected chi connectivity index (χ4v) is 4.25. The van der Waals surface area contributed by atoms with E-state index in [4.69, 9.17) is 0 Å². The lowest BCUT2D eigenvalue weighted by atomic mass is 9.65. The van der Waals surface area contributed by atoms with E-state index in [1.54, 1.807) is 0 Å². The molecule has 110 valence electrons. The molecule has 3 aliphatic rings. The van der Waals surface area contributed by atoms with Crippen LogP contribution in [0.2, 0.25) is 0 Å². The molecule has 1 saturated heterocycles. The minimum Gasteiger partial charge on any atom is -0.476 e. The Bertz CT molecular complexity index is 512. The van der Waals surface area contributed by atoms with Gasteiger partial charge in [-0.15, -0.1) is 0 Å². The van der Waals surface area contributed by atoms with E-state index >= 15 is 0 Å². The Hall–Kier alpha value is -1.23. The summed E-state index contributed by atoms with van der Waals surface area (Å²) >= 11 is 0. The summed E-state index contributed by atoms with van der Waals surface area (Å²) in [5.74, 6) is -0.618. The van der Waals surface area contributed by atoms with E-state index in [1.807, 2.05) is 11.5 Å². The zero-order valence-electron chi connectivity index (χ0n) is 11.9. The molecular weight excluding hydrogens is 258 g/mol. The van der Waals surface area contributed by atoms with Crippen molar-refractivity contribution in [3.8, 4) is 0 Å². The van der Waals surface area contributed by atoms with Gasteiger partial charge in [0.05, 0.1) is 17.4 Å². The number of carboxylic acids is 1. The van der Waals surface area contributed by atoms with Crippen LogP contribution in [0.5, 0.6) is 0 Å². The predicted octanol–water partition coefficient (Wildman–Crippen LogP) is 0.971. The number of rotatable bonds is 1. The highest BCUT2D eigenvalue weighted by Gasteiger charge is 2.60. The van der Waals surface area contributed by atoms with Gasteiger partial charge < -0.3 is 10.2 Å². The second-order valence-corrected chi connectivity index (χ2v) is 6.72. The number of carboxylic acid groups (broad SMARTS) is 1. The van der Waals surface area contributed by atoms with Gasteiger partial charge in [0.2, 0.25) is 6.04 Å². The number of Topliss-reactive ketones (excluding diaryl/α,β-unsaturated/α-hetero) is 1. The SMILES string of the molecule is C[C@]12CCC(=[N+]3CCC[C@H]3C(=O)O)C[C@@]1(O)CCC2=O. The molecule has 1 heterocycles. The third-order valence-corrected chi connectivity index (χ3v) is 5.76. The minimum atomic E-state index is -0.969. The Kier molecular flexibility index (Phi) is 3.01. The molecule has 5 nitrogen and oxygen atoms in total. The average Bonchev–Trinajstić information content (AvgIpc) is 2.96. The summed E-state index contributed by atoms with van der Waals surface area (Å²) in [7, 11) is 0. The van der Waals surface area contributed by atoms with Gasteiger partial charge in [-0.3, -0.25) is 4.79 Å². The Morgan fingerprint density at radius 3 is 2.80 bits per heavy atom. The zero-order chi connectivity index (χ0) is 14.5. The molecule has 3 fully saturated rings. The van der Waals surface area contributed by atoms with Crippen LogP contribution in [0.4, 0.5) is 0 Å². The molecule has 2 saturated carbocycles. The average molecular weight is 280 g/mol. The maximum atomic E-state index is 12.1. The Morgan fingerprint density at radius 1 is 1.35 bits per heavy atom. The molecule has 20 heavy (non-hydrogen) atoms. The van der Waals surface area contributed by atoms with Crippen LogP contribution in [0.15, 0.2) is 0 Å². The normalized spacial score (nSPS) is 44.7. The van der Waals surface area contributed by atoms with Crippen LogP contribution < -0.4 is 0 Å². The number of aliphatic carboxylic acids is 1. The van der Waals surface area contributed by atoms with Gasteiger partial charge in [-0.05, 0) is 19.8 Å². The number of hydrogen-bond acceptors (Lipinski definition) is 3. The van der Waals surface area contributed by atoms with Crippen molar-refractivity contribution in [3.63, 3.8) is 0 Å². The van der Waals surface area contributed by atoms with Gasteiger partial charge in [-0.2, -0.15) is 0 Å². The second kappa shape index (κ2) is 4.38. The molecule has 0 radical (unpaired) electrons. The van der Waals surface area contributed by atoms with Crippen LogP contribution in [0.3, 0.4) is 0 Å². The van der Waals surface area contributed by atoms with E-state index in [2.05, 4.69) is 0 Å². The standard InChI is InChI=1S/C15H21NO4/c1-14-6-4-10(9-15(14,20)7-5-12(14)17)16-8-2-3-11(16)13(18)19/h11,20H,2-9H2,1H3/p+1/t11-,14+,15-/m0/s1. The van der Waals surface area contributed by atoms with Gasteiger partial charge in [0, 0.05) is 25.7 Å². The number of aliphatic hydroxyl groups is 1. The number of nitrogens with zero attached hydrogens (tertiary/aromatic N) is 1. The number of carbonyl (C=O) groups is 2. The molecule has 0 aromatic carbocycles. The van der Waals surface area contributed by atoms with Crippen molar-refractivity contribution >= 4 is 17.5 Å². The zero-order valence-corrected chi connectivity index (χ0v) is 11.9. The van der Waals surface area contributed by atoms with Crippen LogP contribution in [0.1, 0.15) is 51.9 Å². The van der Waals surface area contributed by atoms with Crippen molar-refractivity contribution < 1.29 is 24.4 Å². The summed E-state index contributed by atoms with van der Waals surface area (Å²) in [6.07, 6.45) is 4.34. The molecule has 0 spiro atoms. The number of carbonyl (C=O) groups excluding carboxylic acids is 1. The first-order valence-corrected chi connectivity index (χ1v) is 7.47. The summed E-state index contributed by atoms with van der Waals surface area (Å²) in [5, 5.41) is 20.2. The first-order valence-electron chi connectivity index (χ1n) is 7.47. The smallest absolute Gasteiger partial charge is 0.372 e. The summed E-state index contributed by atoms with van der Waals surface area (Å²) in [6.45, 7) is 2.63. The molecule has 0 unspecified atom stereocenters. The largest absolute Gasteiger partial charge is 0.476 e. The Balaban J connectivity index is 1.93. The molecule has 1 aliphatic heterocycles. The maximum Gasteiger partial charge on any atom is 0.372 e. The molecule has 3 rings (SSSR count). The van der Waals surface area contributed by atoms with Gasteiger partial charge in [0.15, 0.2) is 5.71 Å². The van der Waals surface area contributed by atoms with Crippen molar-refractivity contribution in [1.29, 1.82) is 0 Å². The van der Waals surface area contributed by atoms with Crippen LogP contribution in [-0.2, 0) is 9.59 Å². The predicted molar refractivity (Wildman–Crippen MR) is 71.9 cm³/mol. The fourth-order valence-electron chi connectivity index (χ4n) is 4.25. The monoisotopic (exact) mass is 280 g/mol. The lowest BCUT2D eigenvalue weighted by molar-refractivity contribution is -0.536. The Morgan fingerprint density at radius 2 is 2.10 bits per heavy atom. The van der Waals surface area contributed by atoms with Crippen molar-refractivity contribution in [2.75, 3.05) is 6.54 Å². The highest BCUT2D eigenvalue weighted by Crippen LogP contribution is 2.52. The van der Waals surface area contributed by atoms with Gasteiger partial charge in [0.25, 0.3) is 0 Å². The van der Waals surface area contributed by atoms with Gasteiger partial charge in [-0.25, -0.2) is 9.37 Å². The first-order chi connectivity index (χ1) is 9.37. The maximum absolute atomic E-state index is 12.1. The molecular formula is C15H22NO4+. The van der Waals surface area contributed by atoms with E-state index in [9.17, 15) is 19.8 Å². The van der Waals surface area contributed by atoms with Crippen molar-refractivity contribution in [1.82, 2.24) is 0 Å². The van der Waals surface area contributed by atoms with E-state index < -0.39 is 23.0 Å². The van der Waals surface area contributed by atoms with Crippen molar-refractivity contribution in [3.05, 3.63) is 0 Å². The molecule has 0 aromatic heterocycles. The molecule has 3 atom stereocenters. The van der Waals surface area contributed by atoms with Gasteiger partial charge in [-0.1, -0.05) is 0 Å². The molecule has 2 aliphatic carbocycles. The summed E-state index contributed by atoms with van der Waals surface area (Å²) in [5.41, 5.74) is -0.567. The van der Waals surface area contributed by atoms with Crippen LogP contribution in [0, 0.1) is 5.41 Å². The second-order valence-electron chi connectivity index (χ2n) is 6.72. The molecule has 0 aromatic rings. The minimum absolute atomic E-state index is 0.162.